The average Bonchev–Trinajstić information content (AvgIpc) is 2.59. The molecule has 0 aromatic heterocycles. The monoisotopic (exact) mass is 364 g/mol. The molecule has 0 unspecified atom stereocenters. The number of hydrogen-bond donors (Lipinski definition) is 2. The van der Waals surface area contributed by atoms with E-state index in [4.69, 9.17) is 0 Å². The second-order valence-electron chi connectivity index (χ2n) is 5.97. The first-order valence-electron chi connectivity index (χ1n) is 7.90. The van der Waals surface area contributed by atoms with Gasteiger partial charge in [0.15, 0.2) is 0 Å². The van der Waals surface area contributed by atoms with E-state index in [2.05, 4.69) is 10.0 Å². The van der Waals surface area contributed by atoms with Crippen molar-refractivity contribution in [2.75, 3.05) is 0 Å². The Morgan fingerprint density at radius 2 is 1.64 bits per heavy atom. The third-order valence-electron chi connectivity index (χ3n) is 3.70. The highest BCUT2D eigenvalue weighted by molar-refractivity contribution is 7.89. The number of benzene rings is 2. The van der Waals surface area contributed by atoms with Crippen molar-refractivity contribution in [3.05, 3.63) is 66.0 Å². The van der Waals surface area contributed by atoms with Crippen molar-refractivity contribution in [3.8, 4) is 0 Å². The summed E-state index contributed by atoms with van der Waals surface area (Å²) >= 11 is 0. The van der Waals surface area contributed by atoms with Gasteiger partial charge < -0.3 is 5.32 Å². The largest absolute Gasteiger partial charge is 0.351 e. The SMILES string of the molecule is CC(C)[C@H](NS(=O)(=O)c1ccccc1)C(=O)NCc1ccccc1F. The number of halogens is 1. The predicted octanol–water partition coefficient (Wildman–Crippen LogP) is 2.45. The Morgan fingerprint density at radius 3 is 2.24 bits per heavy atom. The first-order chi connectivity index (χ1) is 11.8. The standard InChI is InChI=1S/C18H21FN2O3S/c1-13(2)17(21-25(23,24)15-9-4-3-5-10-15)18(22)20-12-14-8-6-7-11-16(14)19/h3-11,13,17,21H,12H2,1-2H3,(H,20,22)/t17-/m0/s1. The molecule has 1 amide bonds. The summed E-state index contributed by atoms with van der Waals surface area (Å²) in [7, 11) is -3.83. The molecule has 0 saturated carbocycles. The fourth-order valence-corrected chi connectivity index (χ4v) is 3.63. The minimum absolute atomic E-state index is 0.0121. The molecule has 0 heterocycles. The van der Waals surface area contributed by atoms with E-state index >= 15 is 0 Å². The van der Waals surface area contributed by atoms with E-state index in [0.717, 1.165) is 0 Å². The maximum atomic E-state index is 13.6. The highest BCUT2D eigenvalue weighted by Crippen LogP contribution is 2.12. The Bertz CT molecular complexity index is 823. The summed E-state index contributed by atoms with van der Waals surface area (Å²) in [5.41, 5.74) is 0.337. The Hall–Kier alpha value is -2.25. The molecule has 0 radical (unpaired) electrons. The van der Waals surface area contributed by atoms with Gasteiger partial charge in [-0.1, -0.05) is 50.2 Å². The van der Waals surface area contributed by atoms with Crippen molar-refractivity contribution in [1.82, 2.24) is 10.0 Å². The third-order valence-corrected chi connectivity index (χ3v) is 5.15. The van der Waals surface area contributed by atoms with Gasteiger partial charge in [0.05, 0.1) is 4.90 Å². The Balaban J connectivity index is 2.10. The van der Waals surface area contributed by atoms with E-state index in [1.165, 1.54) is 18.2 Å². The lowest BCUT2D eigenvalue weighted by Crippen LogP contribution is -2.49. The summed E-state index contributed by atoms with van der Waals surface area (Å²) in [6.07, 6.45) is 0. The molecule has 25 heavy (non-hydrogen) atoms. The molecule has 1 atom stereocenters. The summed E-state index contributed by atoms with van der Waals surface area (Å²) in [5, 5.41) is 2.59. The minimum Gasteiger partial charge on any atom is -0.351 e. The second kappa shape index (κ2) is 8.22. The first-order valence-corrected chi connectivity index (χ1v) is 9.38. The van der Waals surface area contributed by atoms with Crippen LogP contribution >= 0.6 is 0 Å². The molecule has 134 valence electrons. The number of sulfonamides is 1. The van der Waals surface area contributed by atoms with Crippen LogP contribution in [-0.4, -0.2) is 20.4 Å². The fourth-order valence-electron chi connectivity index (χ4n) is 2.26. The summed E-state index contributed by atoms with van der Waals surface area (Å²) < 4.78 is 40.9. The number of rotatable bonds is 7. The van der Waals surface area contributed by atoms with Crippen molar-refractivity contribution in [2.45, 2.75) is 31.3 Å². The fraction of sp³-hybridized carbons (Fsp3) is 0.278. The van der Waals surface area contributed by atoms with Gasteiger partial charge >= 0.3 is 0 Å². The molecule has 2 N–H and O–H groups in total. The minimum atomic E-state index is -3.83. The van der Waals surface area contributed by atoms with Gasteiger partial charge in [-0.2, -0.15) is 4.72 Å². The molecule has 0 aliphatic rings. The maximum Gasteiger partial charge on any atom is 0.241 e. The van der Waals surface area contributed by atoms with E-state index in [0.29, 0.717) is 5.56 Å². The van der Waals surface area contributed by atoms with Crippen LogP contribution in [0.1, 0.15) is 19.4 Å². The van der Waals surface area contributed by atoms with Crippen molar-refractivity contribution in [2.24, 2.45) is 5.92 Å². The van der Waals surface area contributed by atoms with Gasteiger partial charge in [0.2, 0.25) is 15.9 Å². The molecular formula is C18H21FN2O3S. The van der Waals surface area contributed by atoms with Gasteiger partial charge in [-0.3, -0.25) is 4.79 Å². The molecule has 0 aliphatic carbocycles. The highest BCUT2D eigenvalue weighted by atomic mass is 32.2. The van der Waals surface area contributed by atoms with Crippen LogP contribution in [0.2, 0.25) is 0 Å². The zero-order valence-corrected chi connectivity index (χ0v) is 14.9. The van der Waals surface area contributed by atoms with Gasteiger partial charge in [-0.15, -0.1) is 0 Å². The third kappa shape index (κ3) is 5.11. The van der Waals surface area contributed by atoms with E-state index in [9.17, 15) is 17.6 Å². The van der Waals surface area contributed by atoms with Crippen LogP contribution in [0, 0.1) is 11.7 Å². The van der Waals surface area contributed by atoms with Crippen LogP contribution < -0.4 is 10.0 Å². The van der Waals surface area contributed by atoms with Crippen LogP contribution in [0.4, 0.5) is 4.39 Å². The molecule has 0 saturated heterocycles. The lowest BCUT2D eigenvalue weighted by atomic mass is 10.0. The summed E-state index contributed by atoms with van der Waals surface area (Å²) in [5.74, 6) is -1.20. The summed E-state index contributed by atoms with van der Waals surface area (Å²) in [4.78, 5) is 12.5. The van der Waals surface area contributed by atoms with Gasteiger partial charge in [-0.25, -0.2) is 12.8 Å². The van der Waals surface area contributed by atoms with Crippen LogP contribution in [0.15, 0.2) is 59.5 Å². The van der Waals surface area contributed by atoms with E-state index in [1.807, 2.05) is 0 Å². The number of carbonyl (C=O) groups is 1. The lowest BCUT2D eigenvalue weighted by Gasteiger charge is -2.21. The summed E-state index contributed by atoms with van der Waals surface area (Å²) in [6.45, 7) is 3.46. The average molecular weight is 364 g/mol. The van der Waals surface area contributed by atoms with Crippen molar-refractivity contribution < 1.29 is 17.6 Å². The number of nitrogens with one attached hydrogen (secondary N) is 2. The zero-order chi connectivity index (χ0) is 18.4. The van der Waals surface area contributed by atoms with Crippen LogP contribution in [-0.2, 0) is 21.4 Å². The molecule has 2 aromatic carbocycles. The summed E-state index contributed by atoms with van der Waals surface area (Å²) in [6, 6.07) is 13.0. The van der Waals surface area contributed by atoms with Gasteiger partial charge in [0.25, 0.3) is 0 Å². The van der Waals surface area contributed by atoms with E-state index < -0.39 is 27.8 Å². The van der Waals surface area contributed by atoms with Gasteiger partial charge in [-0.05, 0) is 24.1 Å². The van der Waals surface area contributed by atoms with Gasteiger partial charge in [0, 0.05) is 12.1 Å². The predicted molar refractivity (Wildman–Crippen MR) is 93.6 cm³/mol. The number of hydrogen-bond acceptors (Lipinski definition) is 3. The normalized spacial score (nSPS) is 12.8. The quantitative estimate of drug-likeness (QED) is 0.792. The highest BCUT2D eigenvalue weighted by Gasteiger charge is 2.28. The molecule has 7 heteroatoms. The number of carbonyl (C=O) groups excluding carboxylic acids is 1. The second-order valence-corrected chi connectivity index (χ2v) is 7.68. The van der Waals surface area contributed by atoms with Crippen LogP contribution in [0.3, 0.4) is 0 Å². The Morgan fingerprint density at radius 1 is 1.04 bits per heavy atom. The first kappa shape index (κ1) is 19.1. The molecule has 0 aliphatic heterocycles. The van der Waals surface area contributed by atoms with Gasteiger partial charge in [0.1, 0.15) is 11.9 Å². The van der Waals surface area contributed by atoms with Crippen LogP contribution in [0.25, 0.3) is 0 Å². The van der Waals surface area contributed by atoms with Crippen molar-refractivity contribution in [1.29, 1.82) is 0 Å². The molecular weight excluding hydrogens is 343 g/mol. The molecule has 0 spiro atoms. The smallest absolute Gasteiger partial charge is 0.241 e. The molecule has 0 bridgehead atoms. The zero-order valence-electron chi connectivity index (χ0n) is 14.1. The topological polar surface area (TPSA) is 75.3 Å². The maximum absolute atomic E-state index is 13.6. The molecule has 5 nitrogen and oxygen atoms in total. The van der Waals surface area contributed by atoms with Crippen molar-refractivity contribution >= 4 is 15.9 Å². The van der Waals surface area contributed by atoms with E-state index in [-0.39, 0.29) is 17.4 Å². The molecule has 0 fully saturated rings. The number of amides is 1. The Kier molecular flexibility index (Phi) is 6.27. The van der Waals surface area contributed by atoms with Crippen LogP contribution in [0.5, 0.6) is 0 Å². The molecule has 2 rings (SSSR count). The van der Waals surface area contributed by atoms with Crippen molar-refractivity contribution in [3.63, 3.8) is 0 Å². The lowest BCUT2D eigenvalue weighted by molar-refractivity contribution is -0.123. The Labute approximate surface area is 147 Å². The molecule has 2 aromatic rings. The van der Waals surface area contributed by atoms with E-state index in [1.54, 1.807) is 50.2 Å².